The van der Waals surface area contributed by atoms with Gasteiger partial charge in [-0.3, -0.25) is 9.48 Å². The molecule has 1 aromatic carbocycles. The van der Waals surface area contributed by atoms with E-state index in [0.29, 0.717) is 13.0 Å². The molecule has 2 rings (SSSR count). The maximum absolute atomic E-state index is 12.3. The minimum Gasteiger partial charge on any atom is -0.497 e. The van der Waals surface area contributed by atoms with Gasteiger partial charge < -0.3 is 9.64 Å². The van der Waals surface area contributed by atoms with Crippen LogP contribution in [0.5, 0.6) is 5.75 Å². The molecule has 1 atom stereocenters. The topological polar surface area (TPSA) is 60.2 Å². The van der Waals surface area contributed by atoms with E-state index in [1.54, 1.807) is 18.1 Å². The van der Waals surface area contributed by atoms with E-state index in [0.717, 1.165) is 18.6 Å². The number of rotatable bonds is 8. The predicted molar refractivity (Wildman–Crippen MR) is 88.2 cm³/mol. The van der Waals surface area contributed by atoms with Crippen molar-refractivity contribution in [2.75, 3.05) is 14.2 Å². The second kappa shape index (κ2) is 8.31. The normalized spacial score (nSPS) is 12.0. The molecular weight excluding hydrogens is 292 g/mol. The van der Waals surface area contributed by atoms with Crippen LogP contribution in [-0.4, -0.2) is 45.8 Å². The first kappa shape index (κ1) is 17.0. The van der Waals surface area contributed by atoms with Crippen LogP contribution in [0.2, 0.25) is 0 Å². The summed E-state index contributed by atoms with van der Waals surface area (Å²) in [5, 5.41) is 4.03. The van der Waals surface area contributed by atoms with Gasteiger partial charge in [0.1, 0.15) is 18.4 Å². The Balaban J connectivity index is 1.78. The Bertz CT molecular complexity index is 596. The third-order valence-electron chi connectivity index (χ3n) is 3.99. The summed E-state index contributed by atoms with van der Waals surface area (Å²) in [5.74, 6) is 1.00. The highest BCUT2D eigenvalue weighted by Gasteiger charge is 2.15. The predicted octanol–water partition coefficient (Wildman–Crippen LogP) is 2.16. The molecule has 124 valence electrons. The van der Waals surface area contributed by atoms with Crippen molar-refractivity contribution in [3.63, 3.8) is 0 Å². The molecular formula is C17H24N4O2. The van der Waals surface area contributed by atoms with Crippen LogP contribution in [0.1, 0.15) is 25.3 Å². The molecule has 0 aliphatic rings. The first-order valence-corrected chi connectivity index (χ1v) is 7.81. The first-order valence-electron chi connectivity index (χ1n) is 7.81. The molecule has 0 bridgehead atoms. The molecule has 1 amide bonds. The Labute approximate surface area is 137 Å². The summed E-state index contributed by atoms with van der Waals surface area (Å²) in [4.78, 5) is 18.0. The van der Waals surface area contributed by atoms with Crippen molar-refractivity contribution in [3.8, 4) is 5.75 Å². The second-order valence-electron chi connectivity index (χ2n) is 5.67. The number of likely N-dealkylation sites (N-methyl/N-ethyl adjacent to an activating group) is 1. The minimum atomic E-state index is 0.155. The number of benzene rings is 1. The Morgan fingerprint density at radius 2 is 2.09 bits per heavy atom. The second-order valence-corrected chi connectivity index (χ2v) is 5.67. The molecule has 0 spiro atoms. The summed E-state index contributed by atoms with van der Waals surface area (Å²) >= 11 is 0. The number of carbonyl (C=O) groups excluding carboxylic acids is 1. The molecule has 0 saturated carbocycles. The molecule has 2 aromatic rings. The molecule has 6 heteroatoms. The van der Waals surface area contributed by atoms with Gasteiger partial charge in [-0.25, -0.2) is 4.98 Å². The van der Waals surface area contributed by atoms with Crippen LogP contribution in [0.4, 0.5) is 0 Å². The van der Waals surface area contributed by atoms with Crippen molar-refractivity contribution >= 4 is 5.91 Å². The number of amides is 1. The highest BCUT2D eigenvalue weighted by molar-refractivity contribution is 5.76. The van der Waals surface area contributed by atoms with Gasteiger partial charge in [-0.15, -0.1) is 0 Å². The molecule has 6 nitrogen and oxygen atoms in total. The van der Waals surface area contributed by atoms with Crippen LogP contribution in [0.25, 0.3) is 0 Å². The van der Waals surface area contributed by atoms with Gasteiger partial charge in [-0.2, -0.15) is 5.10 Å². The van der Waals surface area contributed by atoms with Crippen molar-refractivity contribution < 1.29 is 9.53 Å². The Kier molecular flexibility index (Phi) is 6.14. The number of hydrogen-bond donors (Lipinski definition) is 0. The number of methoxy groups -OCH3 is 1. The van der Waals surface area contributed by atoms with E-state index in [2.05, 4.69) is 17.0 Å². The van der Waals surface area contributed by atoms with Crippen LogP contribution in [0.3, 0.4) is 0 Å². The lowest BCUT2D eigenvalue weighted by atomic mass is 10.1. The third kappa shape index (κ3) is 5.09. The number of ether oxygens (including phenoxy) is 1. The number of aryl methyl sites for hydroxylation is 1. The molecule has 23 heavy (non-hydrogen) atoms. The van der Waals surface area contributed by atoms with Gasteiger partial charge in [-0.05, 0) is 37.5 Å². The summed E-state index contributed by atoms with van der Waals surface area (Å²) in [6.45, 7) is 2.78. The molecule has 1 aromatic heterocycles. The van der Waals surface area contributed by atoms with E-state index in [1.165, 1.54) is 11.9 Å². The highest BCUT2D eigenvalue weighted by atomic mass is 16.5. The van der Waals surface area contributed by atoms with Gasteiger partial charge in [0.2, 0.25) is 5.91 Å². The third-order valence-corrected chi connectivity index (χ3v) is 3.99. The van der Waals surface area contributed by atoms with Crippen molar-refractivity contribution in [2.45, 2.75) is 38.8 Å². The lowest BCUT2D eigenvalue weighted by Gasteiger charge is -2.25. The fraction of sp³-hybridized carbons (Fsp3) is 0.471. The zero-order valence-corrected chi connectivity index (χ0v) is 14.0. The molecule has 0 N–H and O–H groups in total. The maximum atomic E-state index is 12.3. The lowest BCUT2D eigenvalue weighted by molar-refractivity contribution is -0.131. The van der Waals surface area contributed by atoms with Crippen LogP contribution in [0, 0.1) is 0 Å². The van der Waals surface area contributed by atoms with Crippen LogP contribution in [-0.2, 0) is 17.8 Å². The van der Waals surface area contributed by atoms with Crippen molar-refractivity contribution in [1.29, 1.82) is 0 Å². The SMILES string of the molecule is COc1ccc(C[C@@H](C)N(C)C(=O)CCCn2cncn2)cc1. The average Bonchev–Trinajstić information content (AvgIpc) is 3.08. The minimum absolute atomic E-state index is 0.155. The van der Waals surface area contributed by atoms with Crippen LogP contribution in [0.15, 0.2) is 36.9 Å². The first-order chi connectivity index (χ1) is 11.1. The Morgan fingerprint density at radius 3 is 2.70 bits per heavy atom. The molecule has 1 heterocycles. The molecule has 0 unspecified atom stereocenters. The molecule has 0 fully saturated rings. The standard InChI is InChI=1S/C17H24N4O2/c1-14(11-15-6-8-16(23-3)9-7-15)20(2)17(22)5-4-10-21-13-18-12-19-21/h6-9,12-14H,4-5,10-11H2,1-3H3/t14-/m1/s1. The van der Waals surface area contributed by atoms with Gasteiger partial charge >= 0.3 is 0 Å². The van der Waals surface area contributed by atoms with E-state index in [4.69, 9.17) is 4.74 Å². The summed E-state index contributed by atoms with van der Waals surface area (Å²) < 4.78 is 6.90. The summed E-state index contributed by atoms with van der Waals surface area (Å²) in [5.41, 5.74) is 1.19. The Morgan fingerprint density at radius 1 is 1.35 bits per heavy atom. The lowest BCUT2D eigenvalue weighted by Crippen LogP contribution is -2.36. The van der Waals surface area contributed by atoms with E-state index < -0.39 is 0 Å². The van der Waals surface area contributed by atoms with Gasteiger partial charge in [0, 0.05) is 26.1 Å². The van der Waals surface area contributed by atoms with Gasteiger partial charge in [0.05, 0.1) is 7.11 Å². The molecule has 0 radical (unpaired) electrons. The van der Waals surface area contributed by atoms with Crippen LogP contribution >= 0.6 is 0 Å². The van der Waals surface area contributed by atoms with E-state index >= 15 is 0 Å². The summed E-state index contributed by atoms with van der Waals surface area (Å²) in [6.07, 6.45) is 5.28. The number of aromatic nitrogens is 3. The molecule has 0 aliphatic carbocycles. The number of carbonyl (C=O) groups is 1. The van der Waals surface area contributed by atoms with E-state index in [1.807, 2.05) is 36.2 Å². The largest absolute Gasteiger partial charge is 0.497 e. The maximum Gasteiger partial charge on any atom is 0.222 e. The summed E-state index contributed by atoms with van der Waals surface area (Å²) in [7, 11) is 3.52. The van der Waals surface area contributed by atoms with Gasteiger partial charge in [-0.1, -0.05) is 12.1 Å². The van der Waals surface area contributed by atoms with Crippen molar-refractivity contribution in [3.05, 3.63) is 42.5 Å². The van der Waals surface area contributed by atoms with Gasteiger partial charge in [0.25, 0.3) is 0 Å². The van der Waals surface area contributed by atoms with Crippen molar-refractivity contribution in [1.82, 2.24) is 19.7 Å². The zero-order chi connectivity index (χ0) is 16.7. The fourth-order valence-electron chi connectivity index (χ4n) is 2.40. The smallest absolute Gasteiger partial charge is 0.222 e. The van der Waals surface area contributed by atoms with Gasteiger partial charge in [0.15, 0.2) is 0 Å². The average molecular weight is 316 g/mol. The number of nitrogens with zero attached hydrogens (tertiary/aromatic N) is 4. The van der Waals surface area contributed by atoms with Crippen molar-refractivity contribution in [2.24, 2.45) is 0 Å². The molecule has 0 saturated heterocycles. The van der Waals surface area contributed by atoms with E-state index in [-0.39, 0.29) is 11.9 Å². The van der Waals surface area contributed by atoms with Crippen LogP contribution < -0.4 is 4.74 Å². The van der Waals surface area contributed by atoms with E-state index in [9.17, 15) is 4.79 Å². The summed E-state index contributed by atoms with van der Waals surface area (Å²) in [6, 6.07) is 8.13. The monoisotopic (exact) mass is 316 g/mol. The highest BCUT2D eigenvalue weighted by Crippen LogP contribution is 2.14. The molecule has 0 aliphatic heterocycles. The zero-order valence-electron chi connectivity index (χ0n) is 14.0. The number of hydrogen-bond acceptors (Lipinski definition) is 4. The Hall–Kier alpha value is -2.37. The fourth-order valence-corrected chi connectivity index (χ4v) is 2.40. The quantitative estimate of drug-likeness (QED) is 0.749.